The van der Waals surface area contributed by atoms with Crippen molar-refractivity contribution in [1.82, 2.24) is 5.32 Å². The Balaban J connectivity index is 1.76. The maximum Gasteiger partial charge on any atom is 0.0649 e. The maximum absolute atomic E-state index is 4.87. The van der Waals surface area contributed by atoms with Crippen molar-refractivity contribution in [1.29, 1.82) is 0 Å². The van der Waals surface area contributed by atoms with Gasteiger partial charge in [0, 0.05) is 0 Å². The van der Waals surface area contributed by atoms with E-state index in [1.54, 1.807) is 0 Å². The normalized spacial score (nSPS) is 11.7. The minimum Gasteiger partial charge on any atom is -0.249 e. The minimum absolute atomic E-state index is 0.981. The van der Waals surface area contributed by atoms with E-state index in [2.05, 4.69) is 66.7 Å². The number of hydrogen-bond acceptors (Lipinski definition) is 0. The van der Waals surface area contributed by atoms with Crippen molar-refractivity contribution in [3.05, 3.63) is 97.1 Å². The van der Waals surface area contributed by atoms with Crippen molar-refractivity contribution in [3.63, 3.8) is 0 Å². The number of rotatable bonds is 2. The second kappa shape index (κ2) is 5.46. The third-order valence-corrected chi connectivity index (χ3v) is 5.46. The SMILES string of the molecule is c1ccc([N]c2cc3cccc4c5cccc6cccc(c(c2)c34)c65)cc1. The van der Waals surface area contributed by atoms with Gasteiger partial charge >= 0.3 is 0 Å². The standard InChI is InChI=1S/C26H16N/c1-2-10-19(11-3-1)27-20-15-18-9-6-13-22-21-12-4-7-17-8-5-14-23(25(17)21)24(16-20)26(18)22/h1-16H. The van der Waals surface area contributed by atoms with Gasteiger partial charge in [-0.1, -0.05) is 72.8 Å². The highest BCUT2D eigenvalue weighted by atomic mass is 14.9. The molecule has 0 heterocycles. The van der Waals surface area contributed by atoms with Crippen LogP contribution in [0.4, 0.5) is 11.4 Å². The zero-order valence-corrected chi connectivity index (χ0v) is 14.7. The summed E-state index contributed by atoms with van der Waals surface area (Å²) in [6.07, 6.45) is 0. The van der Waals surface area contributed by atoms with Crippen LogP contribution in [0.2, 0.25) is 0 Å². The fourth-order valence-corrected chi connectivity index (χ4v) is 4.35. The van der Waals surface area contributed by atoms with Gasteiger partial charge in [0.15, 0.2) is 0 Å². The molecule has 1 heteroatoms. The van der Waals surface area contributed by atoms with Crippen LogP contribution in [0.15, 0.2) is 97.1 Å². The summed E-state index contributed by atoms with van der Waals surface area (Å²) in [4.78, 5) is 0. The van der Waals surface area contributed by atoms with E-state index in [1.165, 1.54) is 43.1 Å². The zero-order valence-electron chi connectivity index (χ0n) is 14.7. The number of benzene rings is 6. The van der Waals surface area contributed by atoms with Gasteiger partial charge in [-0.05, 0) is 67.4 Å². The first-order valence-corrected chi connectivity index (χ1v) is 9.24. The molecule has 0 bridgehead atoms. The molecule has 0 atom stereocenters. The van der Waals surface area contributed by atoms with Gasteiger partial charge in [-0.2, -0.15) is 0 Å². The quantitative estimate of drug-likeness (QED) is 0.231. The smallest absolute Gasteiger partial charge is 0.0649 e. The summed E-state index contributed by atoms with van der Waals surface area (Å²) in [5, 5.41) is 15.3. The van der Waals surface area contributed by atoms with E-state index in [1.807, 2.05) is 30.3 Å². The monoisotopic (exact) mass is 342 g/mol. The molecule has 1 nitrogen and oxygen atoms in total. The fourth-order valence-electron chi connectivity index (χ4n) is 4.35. The first kappa shape index (κ1) is 14.6. The second-order valence-corrected chi connectivity index (χ2v) is 7.05. The van der Waals surface area contributed by atoms with Crippen molar-refractivity contribution in [3.8, 4) is 0 Å². The van der Waals surface area contributed by atoms with Crippen LogP contribution in [0.25, 0.3) is 43.1 Å². The Hall–Kier alpha value is -3.58. The molecule has 0 aliphatic carbocycles. The van der Waals surface area contributed by atoms with Gasteiger partial charge in [-0.3, -0.25) is 0 Å². The minimum atomic E-state index is 0.981. The lowest BCUT2D eigenvalue weighted by molar-refractivity contribution is 1.20. The van der Waals surface area contributed by atoms with Crippen molar-refractivity contribution < 1.29 is 0 Å². The largest absolute Gasteiger partial charge is 0.249 e. The van der Waals surface area contributed by atoms with Gasteiger partial charge in [0.2, 0.25) is 0 Å². The number of hydrogen-bond donors (Lipinski definition) is 0. The molecule has 0 aliphatic rings. The Kier molecular flexibility index (Phi) is 2.95. The Morgan fingerprint density at radius 1 is 0.407 bits per heavy atom. The summed E-state index contributed by atoms with van der Waals surface area (Å²) in [6.45, 7) is 0. The third kappa shape index (κ3) is 2.12. The number of nitrogens with zero attached hydrogens (tertiary/aromatic N) is 1. The Morgan fingerprint density at radius 2 is 1.00 bits per heavy atom. The molecule has 125 valence electrons. The molecular weight excluding hydrogens is 326 g/mol. The van der Waals surface area contributed by atoms with Gasteiger partial charge < -0.3 is 0 Å². The van der Waals surface area contributed by atoms with Crippen LogP contribution in [0, 0.1) is 0 Å². The first-order chi connectivity index (χ1) is 13.4. The van der Waals surface area contributed by atoms with Crippen molar-refractivity contribution in [2.24, 2.45) is 0 Å². The molecule has 27 heavy (non-hydrogen) atoms. The predicted molar refractivity (Wildman–Crippen MR) is 116 cm³/mol. The van der Waals surface area contributed by atoms with Crippen molar-refractivity contribution in [2.75, 3.05) is 0 Å². The van der Waals surface area contributed by atoms with E-state index in [0.29, 0.717) is 0 Å². The molecule has 6 aromatic carbocycles. The van der Waals surface area contributed by atoms with Gasteiger partial charge in [-0.25, -0.2) is 5.32 Å². The average Bonchev–Trinajstić information content (AvgIpc) is 2.72. The summed E-state index contributed by atoms with van der Waals surface area (Å²) in [6, 6.07) is 34.4. The van der Waals surface area contributed by atoms with Gasteiger partial charge in [0.1, 0.15) is 0 Å². The molecule has 0 amide bonds. The summed E-state index contributed by atoms with van der Waals surface area (Å²) in [5.41, 5.74) is 1.98. The van der Waals surface area contributed by atoms with Crippen LogP contribution in [0.5, 0.6) is 0 Å². The molecule has 0 saturated heterocycles. The molecule has 0 fully saturated rings. The highest BCUT2D eigenvalue weighted by Crippen LogP contribution is 2.41. The summed E-state index contributed by atoms with van der Waals surface area (Å²) < 4.78 is 0. The molecule has 1 radical (unpaired) electrons. The molecular formula is C26H16N. The maximum atomic E-state index is 4.87. The molecule has 0 unspecified atom stereocenters. The summed E-state index contributed by atoms with van der Waals surface area (Å²) in [5.74, 6) is 0. The molecule has 0 spiro atoms. The van der Waals surface area contributed by atoms with Crippen LogP contribution in [-0.2, 0) is 0 Å². The lowest BCUT2D eigenvalue weighted by atomic mass is 9.89. The van der Waals surface area contributed by atoms with E-state index >= 15 is 0 Å². The summed E-state index contributed by atoms with van der Waals surface area (Å²) in [7, 11) is 0. The van der Waals surface area contributed by atoms with Gasteiger partial charge in [0.25, 0.3) is 0 Å². The third-order valence-electron chi connectivity index (χ3n) is 5.46. The molecule has 6 aromatic rings. The van der Waals surface area contributed by atoms with Crippen LogP contribution in [0.3, 0.4) is 0 Å². The topological polar surface area (TPSA) is 14.1 Å². The average molecular weight is 342 g/mol. The number of para-hydroxylation sites is 1. The highest BCUT2D eigenvalue weighted by Gasteiger charge is 2.13. The second-order valence-electron chi connectivity index (χ2n) is 7.05. The first-order valence-electron chi connectivity index (χ1n) is 9.24. The van der Waals surface area contributed by atoms with Gasteiger partial charge in [-0.15, -0.1) is 0 Å². The zero-order chi connectivity index (χ0) is 17.8. The van der Waals surface area contributed by atoms with Gasteiger partial charge in [0.05, 0.1) is 11.4 Å². The van der Waals surface area contributed by atoms with E-state index < -0.39 is 0 Å². The Bertz CT molecular complexity index is 1430. The lowest BCUT2D eigenvalue weighted by Crippen LogP contribution is -1.91. The highest BCUT2D eigenvalue weighted by molar-refractivity contribution is 6.33. The van der Waals surface area contributed by atoms with E-state index in [4.69, 9.17) is 5.32 Å². The molecule has 0 aliphatic heterocycles. The van der Waals surface area contributed by atoms with Crippen LogP contribution >= 0.6 is 0 Å². The molecule has 0 aromatic heterocycles. The molecule has 0 saturated carbocycles. The lowest BCUT2D eigenvalue weighted by Gasteiger charge is -2.15. The van der Waals surface area contributed by atoms with Crippen LogP contribution in [-0.4, -0.2) is 0 Å². The van der Waals surface area contributed by atoms with Crippen molar-refractivity contribution in [2.45, 2.75) is 0 Å². The van der Waals surface area contributed by atoms with Crippen LogP contribution < -0.4 is 5.32 Å². The van der Waals surface area contributed by atoms with Crippen molar-refractivity contribution >= 4 is 54.5 Å². The van der Waals surface area contributed by atoms with E-state index in [9.17, 15) is 0 Å². The molecule has 6 rings (SSSR count). The number of fused-ring (bicyclic) bond motifs is 2. The van der Waals surface area contributed by atoms with E-state index in [-0.39, 0.29) is 0 Å². The van der Waals surface area contributed by atoms with E-state index in [0.717, 1.165) is 11.4 Å². The fraction of sp³-hybridized carbons (Fsp3) is 0. The summed E-state index contributed by atoms with van der Waals surface area (Å²) >= 11 is 0. The Labute approximate surface area is 157 Å². The molecule has 0 N–H and O–H groups in total. The Morgan fingerprint density at radius 3 is 1.70 bits per heavy atom. The van der Waals surface area contributed by atoms with Crippen LogP contribution in [0.1, 0.15) is 0 Å². The predicted octanol–water partition coefficient (Wildman–Crippen LogP) is 7.30.